The minimum absolute atomic E-state index is 0.173. The lowest BCUT2D eigenvalue weighted by molar-refractivity contribution is -0.387. The van der Waals surface area contributed by atoms with Crippen LogP contribution in [0.3, 0.4) is 0 Å². The molecule has 0 aliphatic heterocycles. The number of hydrogen-bond acceptors (Lipinski definition) is 4. The van der Waals surface area contributed by atoms with Gasteiger partial charge in [0.05, 0.1) is 4.92 Å². The largest absolute Gasteiger partial charge is 0.344 e. The van der Waals surface area contributed by atoms with Crippen LogP contribution < -0.4 is 0 Å². The summed E-state index contributed by atoms with van der Waals surface area (Å²) in [5.41, 5.74) is -0.121. The second kappa shape index (κ2) is 4.12. The molecule has 1 N–H and O–H groups in total. The Bertz CT molecular complexity index is 594. The minimum Gasteiger partial charge on any atom is -0.344 e. The predicted octanol–water partition coefficient (Wildman–Crippen LogP) is 1.94. The van der Waals surface area contributed by atoms with E-state index in [9.17, 15) is 19.3 Å². The lowest BCUT2D eigenvalue weighted by Crippen LogP contribution is -1.93. The van der Waals surface area contributed by atoms with Crippen LogP contribution in [-0.2, 0) is 0 Å². The Morgan fingerprint density at radius 1 is 1.47 bits per heavy atom. The third-order valence-electron chi connectivity index (χ3n) is 2.13. The Labute approximate surface area is 94.3 Å². The Morgan fingerprint density at radius 3 is 2.82 bits per heavy atom. The average molecular weight is 235 g/mol. The lowest BCUT2D eigenvalue weighted by atomic mass is 10.2. The molecule has 0 amide bonds. The van der Waals surface area contributed by atoms with E-state index in [-0.39, 0.29) is 11.5 Å². The number of hydrogen-bond donors (Lipinski definition) is 1. The number of aldehydes is 1. The second-order valence-corrected chi connectivity index (χ2v) is 3.22. The van der Waals surface area contributed by atoms with Gasteiger partial charge in [0.15, 0.2) is 6.29 Å². The van der Waals surface area contributed by atoms with Gasteiger partial charge in [-0.1, -0.05) is 0 Å². The summed E-state index contributed by atoms with van der Waals surface area (Å²) in [6.07, 6.45) is 1.90. The van der Waals surface area contributed by atoms with E-state index >= 15 is 0 Å². The highest BCUT2D eigenvalue weighted by Gasteiger charge is 2.16. The number of imidazole rings is 1. The van der Waals surface area contributed by atoms with E-state index in [0.29, 0.717) is 11.8 Å². The predicted molar refractivity (Wildman–Crippen MR) is 56.0 cm³/mol. The maximum absolute atomic E-state index is 13.1. The van der Waals surface area contributed by atoms with Crippen LogP contribution in [0.1, 0.15) is 10.5 Å². The normalized spacial score (nSPS) is 10.2. The van der Waals surface area contributed by atoms with Gasteiger partial charge in [0.2, 0.25) is 5.82 Å². The molecule has 17 heavy (non-hydrogen) atoms. The number of nitrogens with one attached hydrogen (secondary N) is 1. The van der Waals surface area contributed by atoms with Crippen LogP contribution in [0.2, 0.25) is 0 Å². The Morgan fingerprint density at radius 2 is 2.24 bits per heavy atom. The fourth-order valence-electron chi connectivity index (χ4n) is 1.34. The van der Waals surface area contributed by atoms with Gasteiger partial charge in [-0.25, -0.2) is 4.98 Å². The number of nitrogens with zero attached hydrogens (tertiary/aromatic N) is 2. The monoisotopic (exact) mass is 235 g/mol. The van der Waals surface area contributed by atoms with Crippen LogP contribution in [0, 0.1) is 15.9 Å². The number of carbonyl (C=O) groups is 1. The van der Waals surface area contributed by atoms with Crippen molar-refractivity contribution in [3.8, 4) is 11.4 Å². The highest BCUT2D eigenvalue weighted by atomic mass is 19.1. The van der Waals surface area contributed by atoms with Crippen LogP contribution in [0.5, 0.6) is 0 Å². The topological polar surface area (TPSA) is 88.9 Å². The van der Waals surface area contributed by atoms with Crippen LogP contribution in [-0.4, -0.2) is 21.2 Å². The first kappa shape index (κ1) is 10.9. The van der Waals surface area contributed by atoms with Crippen LogP contribution in [0.4, 0.5) is 10.1 Å². The molecule has 0 fully saturated rings. The summed E-state index contributed by atoms with van der Waals surface area (Å²) in [5.74, 6) is -0.642. The molecule has 0 aliphatic rings. The smallest absolute Gasteiger partial charge is 0.305 e. The number of aromatic amines is 1. The molecule has 0 saturated carbocycles. The van der Waals surface area contributed by atoms with Gasteiger partial charge in [-0.3, -0.25) is 14.9 Å². The molecule has 0 unspecified atom stereocenters. The highest BCUT2D eigenvalue weighted by Crippen LogP contribution is 2.24. The van der Waals surface area contributed by atoms with Crippen molar-refractivity contribution in [3.63, 3.8) is 0 Å². The molecule has 0 spiro atoms. The number of carbonyl (C=O) groups excluding carboxylic acids is 1. The molecule has 2 rings (SSSR count). The van der Waals surface area contributed by atoms with E-state index < -0.39 is 16.4 Å². The van der Waals surface area contributed by atoms with E-state index in [1.54, 1.807) is 0 Å². The Kier molecular flexibility index (Phi) is 2.65. The first-order chi connectivity index (χ1) is 8.11. The van der Waals surface area contributed by atoms with E-state index in [0.717, 1.165) is 12.1 Å². The SMILES string of the molecule is O=Cc1c[nH]c(-c2ccc(F)c([N+](=O)[O-])c2)n1. The van der Waals surface area contributed by atoms with Crippen molar-refractivity contribution < 1.29 is 14.1 Å². The number of aromatic nitrogens is 2. The van der Waals surface area contributed by atoms with Gasteiger partial charge < -0.3 is 4.98 Å². The van der Waals surface area contributed by atoms with Gasteiger partial charge in [0.1, 0.15) is 11.5 Å². The zero-order chi connectivity index (χ0) is 12.4. The first-order valence-electron chi connectivity index (χ1n) is 4.56. The standard InChI is InChI=1S/C10H6FN3O3/c11-8-2-1-6(3-9(8)14(16)17)10-12-4-7(5-15)13-10/h1-5H,(H,12,13). The maximum Gasteiger partial charge on any atom is 0.305 e. The summed E-state index contributed by atoms with van der Waals surface area (Å²) < 4.78 is 13.1. The molecule has 0 radical (unpaired) electrons. The number of nitro groups is 1. The third-order valence-corrected chi connectivity index (χ3v) is 2.13. The van der Waals surface area contributed by atoms with E-state index in [4.69, 9.17) is 0 Å². The molecule has 1 aromatic carbocycles. The van der Waals surface area contributed by atoms with Gasteiger partial charge in [-0.2, -0.15) is 4.39 Å². The number of rotatable bonds is 3. The fourth-order valence-corrected chi connectivity index (χ4v) is 1.34. The molecule has 7 heteroatoms. The van der Waals surface area contributed by atoms with Crippen LogP contribution in [0.15, 0.2) is 24.4 Å². The van der Waals surface area contributed by atoms with E-state index in [1.165, 1.54) is 12.3 Å². The molecule has 1 heterocycles. The van der Waals surface area contributed by atoms with Gasteiger partial charge in [0.25, 0.3) is 0 Å². The molecular formula is C10H6FN3O3. The highest BCUT2D eigenvalue weighted by molar-refractivity contribution is 5.73. The zero-order valence-corrected chi connectivity index (χ0v) is 8.38. The van der Waals surface area contributed by atoms with Gasteiger partial charge in [0, 0.05) is 17.8 Å². The van der Waals surface area contributed by atoms with Crippen molar-refractivity contribution >= 4 is 12.0 Å². The second-order valence-electron chi connectivity index (χ2n) is 3.22. The molecule has 0 saturated heterocycles. The lowest BCUT2D eigenvalue weighted by Gasteiger charge is -1.98. The van der Waals surface area contributed by atoms with Gasteiger partial charge >= 0.3 is 5.69 Å². The number of nitro benzene ring substituents is 1. The maximum atomic E-state index is 13.1. The Hall–Kier alpha value is -2.57. The summed E-state index contributed by atoms with van der Waals surface area (Å²) in [5, 5.41) is 10.5. The Balaban J connectivity index is 2.49. The number of halogens is 1. The molecule has 86 valence electrons. The molecule has 0 atom stereocenters. The van der Waals surface area contributed by atoms with E-state index in [1.807, 2.05) is 0 Å². The van der Waals surface area contributed by atoms with Crippen LogP contribution in [0.25, 0.3) is 11.4 Å². The molecule has 1 aromatic heterocycles. The van der Waals surface area contributed by atoms with Gasteiger partial charge in [-0.15, -0.1) is 0 Å². The average Bonchev–Trinajstić information content (AvgIpc) is 2.78. The minimum atomic E-state index is -0.916. The third kappa shape index (κ3) is 2.03. The summed E-state index contributed by atoms with van der Waals surface area (Å²) in [4.78, 5) is 26.7. The fraction of sp³-hybridized carbons (Fsp3) is 0. The van der Waals surface area contributed by atoms with Crippen molar-refractivity contribution in [2.45, 2.75) is 0 Å². The summed E-state index contributed by atoms with van der Waals surface area (Å²) in [6, 6.07) is 3.38. The van der Waals surface area contributed by atoms with Crippen molar-refractivity contribution in [1.82, 2.24) is 9.97 Å². The van der Waals surface area contributed by atoms with E-state index in [2.05, 4.69) is 9.97 Å². The molecular weight excluding hydrogens is 229 g/mol. The van der Waals surface area contributed by atoms with Crippen molar-refractivity contribution in [2.75, 3.05) is 0 Å². The molecule has 2 aromatic rings. The summed E-state index contributed by atoms with van der Waals surface area (Å²) >= 11 is 0. The van der Waals surface area contributed by atoms with Crippen molar-refractivity contribution in [1.29, 1.82) is 0 Å². The number of benzene rings is 1. The van der Waals surface area contributed by atoms with Crippen LogP contribution >= 0.6 is 0 Å². The molecule has 0 aliphatic carbocycles. The summed E-state index contributed by atoms with van der Waals surface area (Å²) in [7, 11) is 0. The molecule has 0 bridgehead atoms. The summed E-state index contributed by atoms with van der Waals surface area (Å²) in [6.45, 7) is 0. The zero-order valence-electron chi connectivity index (χ0n) is 8.38. The van der Waals surface area contributed by atoms with Crippen molar-refractivity contribution in [3.05, 3.63) is 46.0 Å². The first-order valence-corrected chi connectivity index (χ1v) is 4.56. The number of H-pyrrole nitrogens is 1. The quantitative estimate of drug-likeness (QED) is 0.500. The van der Waals surface area contributed by atoms with Gasteiger partial charge in [-0.05, 0) is 12.1 Å². The van der Waals surface area contributed by atoms with Crippen molar-refractivity contribution in [2.24, 2.45) is 0 Å². The molecule has 6 nitrogen and oxygen atoms in total.